The lowest BCUT2D eigenvalue weighted by Crippen LogP contribution is -2.24. The van der Waals surface area contributed by atoms with Gasteiger partial charge in [0.25, 0.3) is 0 Å². The van der Waals surface area contributed by atoms with Gasteiger partial charge in [0.15, 0.2) is 11.5 Å². The summed E-state index contributed by atoms with van der Waals surface area (Å²) in [6, 6.07) is 16.3. The van der Waals surface area contributed by atoms with E-state index < -0.39 is 6.03 Å². The topological polar surface area (TPSA) is 72.0 Å². The molecule has 0 aliphatic rings. The lowest BCUT2D eigenvalue weighted by molar-refractivity contribution is 0.252. The number of anilines is 1. The molecule has 3 aromatic rings. The molecule has 6 nitrogen and oxygen atoms in total. The van der Waals surface area contributed by atoms with Gasteiger partial charge in [0.1, 0.15) is 12.4 Å². The maximum absolute atomic E-state index is 13.1. The van der Waals surface area contributed by atoms with Crippen LogP contribution in [0.1, 0.15) is 18.1 Å². The van der Waals surface area contributed by atoms with E-state index in [0.29, 0.717) is 33.8 Å². The fourth-order valence-electron chi connectivity index (χ4n) is 2.63. The Morgan fingerprint density at radius 2 is 1.72 bits per heavy atom. The molecular weight excluding hydrogens is 545 g/mol. The molecule has 0 fully saturated rings. The number of benzene rings is 3. The van der Waals surface area contributed by atoms with Crippen molar-refractivity contribution in [2.45, 2.75) is 13.5 Å². The largest absolute Gasteiger partial charge is 0.490 e. The highest BCUT2D eigenvalue weighted by atomic mass is 79.9. The van der Waals surface area contributed by atoms with Gasteiger partial charge < -0.3 is 14.8 Å². The molecule has 3 aromatic carbocycles. The molecular formula is C23H20Br2FN3O3. The molecule has 166 valence electrons. The minimum absolute atomic E-state index is 0.262. The summed E-state index contributed by atoms with van der Waals surface area (Å²) in [5.41, 5.74) is 4.58. The van der Waals surface area contributed by atoms with E-state index in [9.17, 15) is 9.18 Å². The summed E-state index contributed by atoms with van der Waals surface area (Å²) in [7, 11) is 0. The molecule has 9 heteroatoms. The number of ether oxygens (including phenoxy) is 2. The SMILES string of the molecule is CCOc1cc(/C=N\NC(=O)Nc2ccc(Br)cc2)c(Br)cc1OCc1ccc(F)cc1. The molecule has 0 heterocycles. The maximum atomic E-state index is 13.1. The molecule has 32 heavy (non-hydrogen) atoms. The van der Waals surface area contributed by atoms with Crippen molar-refractivity contribution in [2.24, 2.45) is 5.10 Å². The number of hydrogen-bond acceptors (Lipinski definition) is 4. The smallest absolute Gasteiger partial charge is 0.339 e. The highest BCUT2D eigenvalue weighted by molar-refractivity contribution is 9.10. The number of carbonyl (C=O) groups excluding carboxylic acids is 1. The van der Waals surface area contributed by atoms with E-state index in [1.165, 1.54) is 18.3 Å². The van der Waals surface area contributed by atoms with E-state index in [4.69, 9.17) is 9.47 Å². The highest BCUT2D eigenvalue weighted by Crippen LogP contribution is 2.33. The first-order valence-corrected chi connectivity index (χ1v) is 11.2. The van der Waals surface area contributed by atoms with Gasteiger partial charge in [-0.3, -0.25) is 0 Å². The number of rotatable bonds is 8. The Kier molecular flexibility index (Phi) is 8.64. The Hall–Kier alpha value is -2.91. The van der Waals surface area contributed by atoms with Crippen molar-refractivity contribution in [1.29, 1.82) is 0 Å². The number of hydrazone groups is 1. The van der Waals surface area contributed by atoms with Gasteiger partial charge in [0, 0.05) is 20.2 Å². The molecule has 0 unspecified atom stereocenters. The molecule has 0 aliphatic carbocycles. The maximum Gasteiger partial charge on any atom is 0.339 e. The van der Waals surface area contributed by atoms with Crippen LogP contribution < -0.4 is 20.2 Å². The summed E-state index contributed by atoms with van der Waals surface area (Å²) in [6.45, 7) is 2.57. The minimum Gasteiger partial charge on any atom is -0.490 e. The predicted molar refractivity (Wildman–Crippen MR) is 130 cm³/mol. The third kappa shape index (κ3) is 7.06. The monoisotopic (exact) mass is 563 g/mol. The van der Waals surface area contributed by atoms with Crippen molar-refractivity contribution in [3.8, 4) is 11.5 Å². The van der Waals surface area contributed by atoms with E-state index in [1.807, 2.05) is 19.1 Å². The molecule has 0 atom stereocenters. The predicted octanol–water partition coefficient (Wildman–Crippen LogP) is 6.48. The lowest BCUT2D eigenvalue weighted by Gasteiger charge is -2.14. The Morgan fingerprint density at radius 3 is 2.41 bits per heavy atom. The number of nitrogens with zero attached hydrogens (tertiary/aromatic N) is 1. The van der Waals surface area contributed by atoms with Gasteiger partial charge in [-0.05, 0) is 76.9 Å². The second-order valence-corrected chi connectivity index (χ2v) is 8.27. The molecule has 2 N–H and O–H groups in total. The molecule has 0 saturated heterocycles. The van der Waals surface area contributed by atoms with Crippen LogP contribution >= 0.6 is 31.9 Å². The zero-order valence-corrected chi connectivity index (χ0v) is 20.2. The highest BCUT2D eigenvalue weighted by Gasteiger charge is 2.11. The minimum atomic E-state index is -0.469. The number of halogens is 3. The Morgan fingerprint density at radius 1 is 1.03 bits per heavy atom. The molecule has 0 radical (unpaired) electrons. The summed E-state index contributed by atoms with van der Waals surface area (Å²) >= 11 is 6.83. The number of carbonyl (C=O) groups is 1. The van der Waals surface area contributed by atoms with Gasteiger partial charge in [-0.15, -0.1) is 0 Å². The average molecular weight is 565 g/mol. The summed E-state index contributed by atoms with van der Waals surface area (Å²) in [5.74, 6) is 0.758. The van der Waals surface area contributed by atoms with Crippen LogP contribution in [0.15, 0.2) is 74.7 Å². The fraction of sp³-hybridized carbons (Fsp3) is 0.130. The molecule has 0 saturated carbocycles. The van der Waals surface area contributed by atoms with Crippen molar-refractivity contribution in [3.05, 3.63) is 86.6 Å². The van der Waals surface area contributed by atoms with Crippen LogP contribution in [0, 0.1) is 5.82 Å². The number of nitrogens with one attached hydrogen (secondary N) is 2. The van der Waals surface area contributed by atoms with Gasteiger partial charge in [-0.2, -0.15) is 5.10 Å². The van der Waals surface area contributed by atoms with Gasteiger partial charge in [-0.25, -0.2) is 14.6 Å². The van der Waals surface area contributed by atoms with E-state index in [1.54, 1.807) is 36.4 Å². The molecule has 3 rings (SSSR count). The number of urea groups is 1. The van der Waals surface area contributed by atoms with Crippen molar-refractivity contribution in [3.63, 3.8) is 0 Å². The first-order chi connectivity index (χ1) is 15.4. The van der Waals surface area contributed by atoms with E-state index >= 15 is 0 Å². The first kappa shape index (κ1) is 23.7. The van der Waals surface area contributed by atoms with Crippen LogP contribution in [0.5, 0.6) is 11.5 Å². The van der Waals surface area contributed by atoms with Crippen LogP contribution in [0.3, 0.4) is 0 Å². The van der Waals surface area contributed by atoms with E-state index in [0.717, 1.165) is 10.0 Å². The Balaban J connectivity index is 1.65. The van der Waals surface area contributed by atoms with Gasteiger partial charge >= 0.3 is 6.03 Å². The van der Waals surface area contributed by atoms with Crippen LogP contribution in [0.4, 0.5) is 14.9 Å². The molecule has 0 aromatic heterocycles. The lowest BCUT2D eigenvalue weighted by atomic mass is 10.2. The summed E-state index contributed by atoms with van der Waals surface area (Å²) in [5, 5.41) is 6.67. The molecule has 0 aliphatic heterocycles. The second-order valence-electron chi connectivity index (χ2n) is 6.50. The van der Waals surface area contributed by atoms with Crippen LogP contribution in [0.2, 0.25) is 0 Å². The standard InChI is InChI=1S/C23H20Br2FN3O3/c1-2-31-21-11-16(13-27-29-23(30)28-19-9-5-17(24)6-10-19)20(25)12-22(21)32-14-15-3-7-18(26)8-4-15/h3-13H,2,14H2,1H3,(H2,28,29,30)/b27-13-. The third-order valence-corrected chi connectivity index (χ3v) is 5.36. The van der Waals surface area contributed by atoms with Crippen molar-refractivity contribution in [1.82, 2.24) is 5.43 Å². The summed E-state index contributed by atoms with van der Waals surface area (Å²) in [4.78, 5) is 12.0. The average Bonchev–Trinajstić information content (AvgIpc) is 2.77. The van der Waals surface area contributed by atoms with Crippen molar-refractivity contribution < 1.29 is 18.7 Å². The zero-order valence-electron chi connectivity index (χ0n) is 17.1. The van der Waals surface area contributed by atoms with Crippen LogP contribution in [0.25, 0.3) is 0 Å². The van der Waals surface area contributed by atoms with Crippen LogP contribution in [-0.2, 0) is 6.61 Å². The quantitative estimate of drug-likeness (QED) is 0.243. The second kappa shape index (κ2) is 11.6. The Bertz CT molecular complexity index is 1090. The van der Waals surface area contributed by atoms with Crippen molar-refractivity contribution >= 4 is 49.8 Å². The zero-order chi connectivity index (χ0) is 22.9. The third-order valence-electron chi connectivity index (χ3n) is 4.14. The first-order valence-electron chi connectivity index (χ1n) is 9.64. The summed E-state index contributed by atoms with van der Waals surface area (Å²) in [6.07, 6.45) is 1.50. The van der Waals surface area contributed by atoms with Gasteiger partial charge in [-0.1, -0.05) is 28.1 Å². The molecule has 2 amide bonds. The number of amides is 2. The van der Waals surface area contributed by atoms with E-state index in [-0.39, 0.29) is 12.4 Å². The number of hydrogen-bond donors (Lipinski definition) is 2. The fourth-order valence-corrected chi connectivity index (χ4v) is 3.31. The van der Waals surface area contributed by atoms with Gasteiger partial charge in [0.05, 0.1) is 12.8 Å². The van der Waals surface area contributed by atoms with Crippen LogP contribution in [-0.4, -0.2) is 18.9 Å². The summed E-state index contributed by atoms with van der Waals surface area (Å²) < 4.78 is 26.2. The molecule has 0 bridgehead atoms. The van der Waals surface area contributed by atoms with Gasteiger partial charge in [0.2, 0.25) is 0 Å². The normalized spacial score (nSPS) is 10.8. The molecule has 0 spiro atoms. The van der Waals surface area contributed by atoms with Crippen molar-refractivity contribution in [2.75, 3.05) is 11.9 Å². The Labute approximate surface area is 202 Å². The van der Waals surface area contributed by atoms with E-state index in [2.05, 4.69) is 47.7 Å².